The second-order valence-electron chi connectivity index (χ2n) is 6.41. The Balaban J connectivity index is 2.12. The fourth-order valence-electron chi connectivity index (χ4n) is 3.40. The Bertz CT molecular complexity index is 634. The SMILES string of the molecule is CCCC(NCC(=O)N1CCCC1c1cc(OC)ccc1OC)C(=O)O. The van der Waals surface area contributed by atoms with Gasteiger partial charge < -0.3 is 19.5 Å². The van der Waals surface area contributed by atoms with Crippen LogP contribution < -0.4 is 14.8 Å². The molecule has 0 spiro atoms. The second-order valence-corrected chi connectivity index (χ2v) is 6.41. The number of methoxy groups -OCH3 is 2. The Morgan fingerprint density at radius 2 is 2.12 bits per heavy atom. The van der Waals surface area contributed by atoms with E-state index in [4.69, 9.17) is 9.47 Å². The molecule has 1 amide bonds. The first-order valence-electron chi connectivity index (χ1n) is 8.99. The van der Waals surface area contributed by atoms with Crippen LogP contribution >= 0.6 is 0 Å². The minimum absolute atomic E-state index is 0.0136. The number of benzene rings is 1. The van der Waals surface area contributed by atoms with Gasteiger partial charge in [0, 0.05) is 12.1 Å². The molecular weight excluding hydrogens is 336 g/mol. The molecule has 1 aromatic carbocycles. The molecule has 2 atom stereocenters. The van der Waals surface area contributed by atoms with Crippen molar-refractivity contribution in [1.82, 2.24) is 10.2 Å². The van der Waals surface area contributed by atoms with Crippen LogP contribution in [0.4, 0.5) is 0 Å². The predicted octanol–water partition coefficient (Wildman–Crippen LogP) is 2.21. The average Bonchev–Trinajstić information content (AvgIpc) is 3.13. The highest BCUT2D eigenvalue weighted by molar-refractivity contribution is 5.80. The van der Waals surface area contributed by atoms with Gasteiger partial charge in [0.05, 0.1) is 26.8 Å². The van der Waals surface area contributed by atoms with Crippen LogP contribution in [0.25, 0.3) is 0 Å². The molecule has 2 N–H and O–H groups in total. The van der Waals surface area contributed by atoms with Crippen LogP contribution in [0.3, 0.4) is 0 Å². The number of carboxylic acids is 1. The molecule has 1 aliphatic heterocycles. The van der Waals surface area contributed by atoms with Gasteiger partial charge in [-0.2, -0.15) is 0 Å². The summed E-state index contributed by atoms with van der Waals surface area (Å²) in [4.78, 5) is 25.8. The average molecular weight is 364 g/mol. The molecule has 1 heterocycles. The Labute approximate surface area is 154 Å². The van der Waals surface area contributed by atoms with Crippen LogP contribution in [-0.4, -0.2) is 55.2 Å². The van der Waals surface area contributed by atoms with Gasteiger partial charge in [-0.15, -0.1) is 0 Å². The minimum Gasteiger partial charge on any atom is -0.497 e. The Kier molecular flexibility index (Phi) is 7.26. The largest absolute Gasteiger partial charge is 0.497 e. The van der Waals surface area contributed by atoms with Crippen LogP contribution in [-0.2, 0) is 9.59 Å². The molecule has 2 rings (SSSR count). The summed E-state index contributed by atoms with van der Waals surface area (Å²) >= 11 is 0. The van der Waals surface area contributed by atoms with Crippen LogP contribution in [0.5, 0.6) is 11.5 Å². The lowest BCUT2D eigenvalue weighted by Gasteiger charge is -2.27. The summed E-state index contributed by atoms with van der Waals surface area (Å²) in [5.74, 6) is 0.414. The number of hydrogen-bond acceptors (Lipinski definition) is 5. The van der Waals surface area contributed by atoms with E-state index < -0.39 is 12.0 Å². The topological polar surface area (TPSA) is 88.1 Å². The molecule has 2 unspecified atom stereocenters. The highest BCUT2D eigenvalue weighted by atomic mass is 16.5. The van der Waals surface area contributed by atoms with Crippen molar-refractivity contribution in [2.24, 2.45) is 0 Å². The number of carbonyl (C=O) groups is 2. The lowest BCUT2D eigenvalue weighted by molar-refractivity contribution is -0.140. The molecule has 144 valence electrons. The third kappa shape index (κ3) is 4.66. The summed E-state index contributed by atoms with van der Waals surface area (Å²) in [5.41, 5.74) is 0.918. The van der Waals surface area contributed by atoms with Crippen LogP contribution in [0.1, 0.15) is 44.2 Å². The lowest BCUT2D eigenvalue weighted by atomic mass is 10.0. The smallest absolute Gasteiger partial charge is 0.320 e. The number of nitrogens with zero attached hydrogens (tertiary/aromatic N) is 1. The van der Waals surface area contributed by atoms with E-state index in [0.29, 0.717) is 18.7 Å². The number of likely N-dealkylation sites (tertiary alicyclic amines) is 1. The number of aliphatic carboxylic acids is 1. The summed E-state index contributed by atoms with van der Waals surface area (Å²) in [6.45, 7) is 2.59. The Morgan fingerprint density at radius 3 is 2.73 bits per heavy atom. The minimum atomic E-state index is -0.924. The molecule has 0 aliphatic carbocycles. The van der Waals surface area contributed by atoms with Crippen molar-refractivity contribution in [2.75, 3.05) is 27.3 Å². The van der Waals surface area contributed by atoms with E-state index in [0.717, 1.165) is 30.6 Å². The van der Waals surface area contributed by atoms with Crippen LogP contribution in [0.15, 0.2) is 18.2 Å². The molecule has 1 fully saturated rings. The quantitative estimate of drug-likeness (QED) is 0.698. The zero-order chi connectivity index (χ0) is 19.1. The monoisotopic (exact) mass is 364 g/mol. The van der Waals surface area contributed by atoms with E-state index >= 15 is 0 Å². The third-order valence-corrected chi connectivity index (χ3v) is 4.74. The first-order chi connectivity index (χ1) is 12.5. The molecule has 0 bridgehead atoms. The molecule has 7 heteroatoms. The summed E-state index contributed by atoms with van der Waals surface area (Å²) < 4.78 is 10.8. The molecule has 1 aromatic rings. The normalized spacial score (nSPS) is 17.8. The summed E-state index contributed by atoms with van der Waals surface area (Å²) in [6.07, 6.45) is 2.97. The maximum absolute atomic E-state index is 12.7. The third-order valence-electron chi connectivity index (χ3n) is 4.74. The van der Waals surface area contributed by atoms with Crippen molar-refractivity contribution in [3.8, 4) is 11.5 Å². The second kappa shape index (κ2) is 9.43. The molecule has 1 saturated heterocycles. The number of amides is 1. The van der Waals surface area contributed by atoms with Gasteiger partial charge >= 0.3 is 5.97 Å². The number of ether oxygens (including phenoxy) is 2. The Hall–Kier alpha value is -2.28. The summed E-state index contributed by atoms with van der Waals surface area (Å²) in [5, 5.41) is 12.1. The first-order valence-corrected chi connectivity index (χ1v) is 8.99. The molecule has 7 nitrogen and oxygen atoms in total. The van der Waals surface area contributed by atoms with E-state index in [1.165, 1.54) is 0 Å². The van der Waals surface area contributed by atoms with Crippen molar-refractivity contribution in [3.05, 3.63) is 23.8 Å². The zero-order valence-electron chi connectivity index (χ0n) is 15.7. The van der Waals surface area contributed by atoms with Gasteiger partial charge in [-0.25, -0.2) is 0 Å². The van der Waals surface area contributed by atoms with Crippen molar-refractivity contribution >= 4 is 11.9 Å². The van der Waals surface area contributed by atoms with Crippen molar-refractivity contribution < 1.29 is 24.2 Å². The molecular formula is C19H28N2O5. The number of nitrogens with one attached hydrogen (secondary N) is 1. The summed E-state index contributed by atoms with van der Waals surface area (Å²) in [6, 6.07) is 4.78. The van der Waals surface area contributed by atoms with E-state index in [1.807, 2.05) is 25.1 Å². The lowest BCUT2D eigenvalue weighted by Crippen LogP contribution is -2.44. The fourth-order valence-corrected chi connectivity index (χ4v) is 3.40. The van der Waals surface area contributed by atoms with Crippen molar-refractivity contribution in [1.29, 1.82) is 0 Å². The van der Waals surface area contributed by atoms with Gasteiger partial charge in [0.1, 0.15) is 17.5 Å². The first kappa shape index (κ1) is 20.0. The van der Waals surface area contributed by atoms with Gasteiger partial charge in [0.2, 0.25) is 5.91 Å². The van der Waals surface area contributed by atoms with Crippen LogP contribution in [0, 0.1) is 0 Å². The van der Waals surface area contributed by atoms with Gasteiger partial charge in [0.25, 0.3) is 0 Å². The summed E-state index contributed by atoms with van der Waals surface area (Å²) in [7, 11) is 3.21. The predicted molar refractivity (Wildman–Crippen MR) is 97.6 cm³/mol. The van der Waals surface area contributed by atoms with E-state index in [9.17, 15) is 14.7 Å². The molecule has 0 aromatic heterocycles. The molecule has 0 radical (unpaired) electrons. The van der Waals surface area contributed by atoms with E-state index in [2.05, 4.69) is 5.32 Å². The highest BCUT2D eigenvalue weighted by Gasteiger charge is 2.32. The van der Waals surface area contributed by atoms with Crippen LogP contribution in [0.2, 0.25) is 0 Å². The van der Waals surface area contributed by atoms with E-state index in [-0.39, 0.29) is 18.5 Å². The van der Waals surface area contributed by atoms with Gasteiger partial charge in [-0.1, -0.05) is 13.3 Å². The molecule has 1 aliphatic rings. The highest BCUT2D eigenvalue weighted by Crippen LogP contribution is 2.38. The maximum atomic E-state index is 12.7. The van der Waals surface area contributed by atoms with Gasteiger partial charge in [-0.05, 0) is 37.5 Å². The van der Waals surface area contributed by atoms with Crippen molar-refractivity contribution in [3.63, 3.8) is 0 Å². The number of rotatable bonds is 9. The number of hydrogen-bond donors (Lipinski definition) is 2. The number of carbonyl (C=O) groups excluding carboxylic acids is 1. The van der Waals surface area contributed by atoms with Crippen molar-refractivity contribution in [2.45, 2.75) is 44.7 Å². The van der Waals surface area contributed by atoms with Gasteiger partial charge in [-0.3, -0.25) is 14.9 Å². The zero-order valence-corrected chi connectivity index (χ0v) is 15.7. The maximum Gasteiger partial charge on any atom is 0.320 e. The fraction of sp³-hybridized carbons (Fsp3) is 0.579. The van der Waals surface area contributed by atoms with E-state index in [1.54, 1.807) is 19.1 Å². The molecule has 0 saturated carbocycles. The Morgan fingerprint density at radius 1 is 1.35 bits per heavy atom. The standard InChI is InChI=1S/C19H28N2O5/c1-4-6-15(19(23)24)20-12-18(22)21-10-5-7-16(21)14-11-13(25-2)8-9-17(14)26-3/h8-9,11,15-16,20H,4-7,10,12H2,1-3H3,(H,23,24). The molecule has 26 heavy (non-hydrogen) atoms. The van der Waals surface area contributed by atoms with Gasteiger partial charge in [0.15, 0.2) is 0 Å². The number of carboxylic acid groups (broad SMARTS) is 1.